The molecule has 0 aliphatic carbocycles. The van der Waals surface area contributed by atoms with Crippen LogP contribution in [0.25, 0.3) is 22.7 Å². The molecule has 3 aromatic carbocycles. The van der Waals surface area contributed by atoms with E-state index in [0.717, 1.165) is 22.4 Å². The summed E-state index contributed by atoms with van der Waals surface area (Å²) in [6, 6.07) is 22.5. The van der Waals surface area contributed by atoms with Gasteiger partial charge in [0.1, 0.15) is 5.82 Å². The minimum Gasteiger partial charge on any atom is -0.332 e. The molecule has 0 bridgehead atoms. The third-order valence-electron chi connectivity index (χ3n) is 5.92. The fourth-order valence-electron chi connectivity index (χ4n) is 3.93. The van der Waals surface area contributed by atoms with Gasteiger partial charge in [-0.05, 0) is 56.2 Å². The third kappa shape index (κ3) is 4.48. The van der Waals surface area contributed by atoms with E-state index in [2.05, 4.69) is 0 Å². The molecular formula is C28H27N3O2. The zero-order valence-electron chi connectivity index (χ0n) is 19.3. The number of amides is 1. The van der Waals surface area contributed by atoms with Crippen LogP contribution in [0.15, 0.2) is 83.7 Å². The average molecular weight is 438 g/mol. The Morgan fingerprint density at radius 1 is 1.00 bits per heavy atom. The first-order chi connectivity index (χ1) is 15.9. The molecule has 0 N–H and O–H groups in total. The summed E-state index contributed by atoms with van der Waals surface area (Å²) < 4.78 is 1.65. The molecule has 0 aliphatic heterocycles. The first-order valence-corrected chi connectivity index (χ1v) is 11.0. The lowest BCUT2D eigenvalue weighted by atomic mass is 10.1. The van der Waals surface area contributed by atoms with Crippen molar-refractivity contribution < 1.29 is 4.79 Å². The molecule has 0 fully saturated rings. The molecule has 1 amide bonds. The Morgan fingerprint density at radius 3 is 2.42 bits per heavy atom. The van der Waals surface area contributed by atoms with Crippen molar-refractivity contribution in [3.05, 3.63) is 112 Å². The molecule has 4 aromatic rings. The van der Waals surface area contributed by atoms with E-state index in [0.29, 0.717) is 16.7 Å². The smallest absolute Gasteiger partial charge is 0.266 e. The van der Waals surface area contributed by atoms with Gasteiger partial charge < -0.3 is 4.90 Å². The standard InChI is InChI=1S/C28H27N3O2/c1-19-14-16-25(20(2)18-19)31-27(29-24-13-9-8-12-23(24)28(31)33)21(3)30(4)26(32)17-15-22-10-6-5-7-11-22/h5-18,21H,1-4H3/b17-15+. The monoisotopic (exact) mass is 437 g/mol. The summed E-state index contributed by atoms with van der Waals surface area (Å²) in [6.45, 7) is 5.90. The molecule has 33 heavy (non-hydrogen) atoms. The van der Waals surface area contributed by atoms with Gasteiger partial charge in [0, 0.05) is 13.1 Å². The molecule has 166 valence electrons. The zero-order valence-corrected chi connectivity index (χ0v) is 19.3. The van der Waals surface area contributed by atoms with E-state index in [-0.39, 0.29) is 11.5 Å². The molecule has 0 saturated carbocycles. The molecule has 0 aliphatic rings. The third-order valence-corrected chi connectivity index (χ3v) is 5.92. The maximum Gasteiger partial charge on any atom is 0.266 e. The summed E-state index contributed by atoms with van der Waals surface area (Å²) in [4.78, 5) is 33.0. The largest absolute Gasteiger partial charge is 0.332 e. The summed E-state index contributed by atoms with van der Waals surface area (Å²) in [5, 5.41) is 0.548. The van der Waals surface area contributed by atoms with Crippen LogP contribution in [0.1, 0.15) is 35.5 Å². The van der Waals surface area contributed by atoms with Crippen molar-refractivity contribution in [3.8, 4) is 5.69 Å². The second kappa shape index (κ2) is 9.25. The Morgan fingerprint density at radius 2 is 1.70 bits per heavy atom. The van der Waals surface area contributed by atoms with Crippen LogP contribution in [0.2, 0.25) is 0 Å². The molecule has 1 aromatic heterocycles. The molecule has 1 unspecified atom stereocenters. The minimum absolute atomic E-state index is 0.143. The number of aromatic nitrogens is 2. The van der Waals surface area contributed by atoms with Crippen LogP contribution in [0.4, 0.5) is 0 Å². The maximum atomic E-state index is 13.6. The number of likely N-dealkylation sites (N-methyl/N-ethyl adjacent to an activating group) is 1. The van der Waals surface area contributed by atoms with Crippen LogP contribution in [-0.4, -0.2) is 27.4 Å². The topological polar surface area (TPSA) is 55.2 Å². The van der Waals surface area contributed by atoms with Crippen molar-refractivity contribution in [1.29, 1.82) is 0 Å². The zero-order chi connectivity index (χ0) is 23.5. The number of carbonyl (C=O) groups excluding carboxylic acids is 1. The number of benzene rings is 3. The van der Waals surface area contributed by atoms with Gasteiger partial charge in [0.05, 0.1) is 22.6 Å². The highest BCUT2D eigenvalue weighted by atomic mass is 16.2. The molecular weight excluding hydrogens is 410 g/mol. The van der Waals surface area contributed by atoms with E-state index in [1.165, 1.54) is 0 Å². The summed E-state index contributed by atoms with van der Waals surface area (Å²) >= 11 is 0. The van der Waals surface area contributed by atoms with Crippen molar-refractivity contribution in [2.45, 2.75) is 26.8 Å². The molecule has 0 radical (unpaired) electrons. The van der Waals surface area contributed by atoms with Crippen LogP contribution in [0, 0.1) is 13.8 Å². The van der Waals surface area contributed by atoms with E-state index >= 15 is 0 Å². The molecule has 1 heterocycles. The minimum atomic E-state index is -0.434. The van der Waals surface area contributed by atoms with Crippen molar-refractivity contribution in [2.24, 2.45) is 0 Å². The van der Waals surface area contributed by atoms with Gasteiger partial charge in [0.25, 0.3) is 5.56 Å². The predicted octanol–water partition coefficient (Wildman–Crippen LogP) is 5.24. The first-order valence-electron chi connectivity index (χ1n) is 11.0. The van der Waals surface area contributed by atoms with Gasteiger partial charge in [-0.15, -0.1) is 0 Å². The highest BCUT2D eigenvalue weighted by Gasteiger charge is 2.23. The lowest BCUT2D eigenvalue weighted by molar-refractivity contribution is -0.126. The highest BCUT2D eigenvalue weighted by Crippen LogP contribution is 2.24. The number of fused-ring (bicyclic) bond motifs is 1. The van der Waals surface area contributed by atoms with Gasteiger partial charge in [-0.25, -0.2) is 4.98 Å². The number of aryl methyl sites for hydroxylation is 2. The summed E-state index contributed by atoms with van der Waals surface area (Å²) in [7, 11) is 1.73. The Labute approximate surface area is 193 Å². The van der Waals surface area contributed by atoms with Crippen molar-refractivity contribution in [3.63, 3.8) is 0 Å². The summed E-state index contributed by atoms with van der Waals surface area (Å²) in [5.41, 5.74) is 4.28. The Hall–Kier alpha value is -3.99. The predicted molar refractivity (Wildman–Crippen MR) is 133 cm³/mol. The number of para-hydroxylation sites is 1. The van der Waals surface area contributed by atoms with E-state index in [1.54, 1.807) is 34.7 Å². The Bertz CT molecular complexity index is 1400. The van der Waals surface area contributed by atoms with Gasteiger partial charge in [0.2, 0.25) is 5.91 Å². The van der Waals surface area contributed by atoms with Crippen LogP contribution in [0.3, 0.4) is 0 Å². The first kappa shape index (κ1) is 22.2. The van der Waals surface area contributed by atoms with Crippen molar-refractivity contribution in [2.75, 3.05) is 7.05 Å². The second-order valence-electron chi connectivity index (χ2n) is 8.29. The van der Waals surface area contributed by atoms with Crippen molar-refractivity contribution >= 4 is 22.9 Å². The van der Waals surface area contributed by atoms with Gasteiger partial charge in [0.15, 0.2) is 0 Å². The fraction of sp³-hybridized carbons (Fsp3) is 0.179. The fourth-order valence-corrected chi connectivity index (χ4v) is 3.93. The average Bonchev–Trinajstić information content (AvgIpc) is 2.83. The number of nitrogens with zero attached hydrogens (tertiary/aromatic N) is 3. The van der Waals surface area contributed by atoms with Crippen LogP contribution in [-0.2, 0) is 4.79 Å². The molecule has 4 rings (SSSR count). The lowest BCUT2D eigenvalue weighted by Crippen LogP contribution is -2.34. The second-order valence-corrected chi connectivity index (χ2v) is 8.29. The quantitative estimate of drug-likeness (QED) is 0.402. The van der Waals surface area contributed by atoms with Gasteiger partial charge in [-0.3, -0.25) is 14.2 Å². The van der Waals surface area contributed by atoms with Gasteiger partial charge >= 0.3 is 0 Å². The number of hydrogen-bond acceptors (Lipinski definition) is 3. The molecule has 0 saturated heterocycles. The van der Waals surface area contributed by atoms with Crippen LogP contribution >= 0.6 is 0 Å². The molecule has 1 atom stereocenters. The summed E-state index contributed by atoms with van der Waals surface area (Å²) in [6.07, 6.45) is 3.34. The maximum absolute atomic E-state index is 13.6. The van der Waals surface area contributed by atoms with Crippen molar-refractivity contribution in [1.82, 2.24) is 14.5 Å². The number of hydrogen-bond donors (Lipinski definition) is 0. The molecule has 5 heteroatoms. The van der Waals surface area contributed by atoms with E-state index < -0.39 is 6.04 Å². The Balaban J connectivity index is 1.81. The van der Waals surface area contributed by atoms with Crippen LogP contribution < -0.4 is 5.56 Å². The van der Waals surface area contributed by atoms with Crippen LogP contribution in [0.5, 0.6) is 0 Å². The highest BCUT2D eigenvalue weighted by molar-refractivity contribution is 5.91. The lowest BCUT2D eigenvalue weighted by Gasteiger charge is -2.26. The normalized spacial score (nSPS) is 12.2. The number of carbonyl (C=O) groups is 1. The van der Waals surface area contributed by atoms with Gasteiger partial charge in [-0.1, -0.05) is 60.2 Å². The molecule has 0 spiro atoms. The van der Waals surface area contributed by atoms with E-state index in [1.807, 2.05) is 87.5 Å². The molecule has 5 nitrogen and oxygen atoms in total. The van der Waals surface area contributed by atoms with Gasteiger partial charge in [-0.2, -0.15) is 0 Å². The SMILES string of the molecule is Cc1ccc(-n2c(C(C)N(C)C(=O)/C=C/c3ccccc3)nc3ccccc3c2=O)c(C)c1. The van der Waals surface area contributed by atoms with E-state index in [9.17, 15) is 9.59 Å². The number of rotatable bonds is 5. The Kier molecular flexibility index (Phi) is 6.22. The summed E-state index contributed by atoms with van der Waals surface area (Å²) in [5.74, 6) is 0.357. The van der Waals surface area contributed by atoms with E-state index in [4.69, 9.17) is 4.98 Å².